The summed E-state index contributed by atoms with van der Waals surface area (Å²) in [4.78, 5) is 2.48. The van der Waals surface area contributed by atoms with Crippen LogP contribution in [0.15, 0.2) is 0 Å². The second kappa shape index (κ2) is 11.4. The van der Waals surface area contributed by atoms with Gasteiger partial charge in [0, 0.05) is 32.8 Å². The SMILES string of the molecule is CCC(C)CNC[C@@H]1CN(CCOCCCC(C)(C)C)CCO1. The van der Waals surface area contributed by atoms with Gasteiger partial charge in [0.15, 0.2) is 0 Å². The molecule has 1 fully saturated rings. The Morgan fingerprint density at radius 3 is 2.78 bits per heavy atom. The van der Waals surface area contributed by atoms with E-state index in [1.54, 1.807) is 0 Å². The molecule has 0 saturated carbocycles. The second-order valence-corrected chi connectivity index (χ2v) is 8.24. The maximum absolute atomic E-state index is 5.86. The number of nitrogens with one attached hydrogen (secondary N) is 1. The first kappa shape index (κ1) is 20.9. The van der Waals surface area contributed by atoms with Crippen LogP contribution in [0, 0.1) is 11.3 Å². The summed E-state index contributed by atoms with van der Waals surface area (Å²) in [5.41, 5.74) is 0.420. The largest absolute Gasteiger partial charge is 0.380 e. The van der Waals surface area contributed by atoms with Crippen molar-refractivity contribution in [1.29, 1.82) is 0 Å². The third kappa shape index (κ3) is 11.1. The Balaban J connectivity index is 2.04. The van der Waals surface area contributed by atoms with Crippen molar-refractivity contribution in [3.05, 3.63) is 0 Å². The van der Waals surface area contributed by atoms with E-state index in [0.717, 1.165) is 64.9 Å². The first-order valence-corrected chi connectivity index (χ1v) is 9.53. The molecule has 0 aromatic rings. The monoisotopic (exact) mass is 328 g/mol. The number of hydrogen-bond acceptors (Lipinski definition) is 4. The van der Waals surface area contributed by atoms with Crippen molar-refractivity contribution in [2.45, 2.75) is 60.0 Å². The molecule has 0 radical (unpaired) electrons. The molecule has 138 valence electrons. The fourth-order valence-corrected chi connectivity index (χ4v) is 2.74. The van der Waals surface area contributed by atoms with Crippen LogP contribution in [0.1, 0.15) is 53.9 Å². The molecule has 1 unspecified atom stereocenters. The summed E-state index contributed by atoms with van der Waals surface area (Å²) in [5.74, 6) is 0.746. The minimum atomic E-state index is 0.327. The zero-order valence-electron chi connectivity index (χ0n) is 16.2. The highest BCUT2D eigenvalue weighted by Crippen LogP contribution is 2.20. The molecule has 0 amide bonds. The predicted molar refractivity (Wildman–Crippen MR) is 98.0 cm³/mol. The van der Waals surface area contributed by atoms with Crippen LogP contribution in [0.5, 0.6) is 0 Å². The summed E-state index contributed by atoms with van der Waals surface area (Å²) in [7, 11) is 0. The summed E-state index contributed by atoms with van der Waals surface area (Å²) < 4.78 is 11.7. The van der Waals surface area contributed by atoms with Gasteiger partial charge in [0.1, 0.15) is 0 Å². The van der Waals surface area contributed by atoms with E-state index in [1.165, 1.54) is 12.8 Å². The van der Waals surface area contributed by atoms with E-state index in [2.05, 4.69) is 44.8 Å². The van der Waals surface area contributed by atoms with Gasteiger partial charge in [-0.25, -0.2) is 0 Å². The lowest BCUT2D eigenvalue weighted by molar-refractivity contribution is -0.0353. The molecule has 1 N–H and O–H groups in total. The molecule has 1 aliphatic heterocycles. The smallest absolute Gasteiger partial charge is 0.0826 e. The first-order chi connectivity index (χ1) is 10.9. The summed E-state index contributed by atoms with van der Waals surface area (Å²) in [6.07, 6.45) is 3.95. The van der Waals surface area contributed by atoms with Crippen LogP contribution in [0.2, 0.25) is 0 Å². The van der Waals surface area contributed by atoms with Gasteiger partial charge in [-0.05, 0) is 30.7 Å². The lowest BCUT2D eigenvalue weighted by Crippen LogP contribution is -2.47. The van der Waals surface area contributed by atoms with Crippen molar-refractivity contribution in [2.75, 3.05) is 52.5 Å². The number of rotatable bonds is 11. The van der Waals surface area contributed by atoms with Crippen LogP contribution < -0.4 is 5.32 Å². The van der Waals surface area contributed by atoms with Crippen LogP contribution in [0.25, 0.3) is 0 Å². The molecule has 23 heavy (non-hydrogen) atoms. The highest BCUT2D eigenvalue weighted by Gasteiger charge is 2.20. The van der Waals surface area contributed by atoms with Crippen LogP contribution >= 0.6 is 0 Å². The molecule has 0 bridgehead atoms. The third-order valence-electron chi connectivity index (χ3n) is 4.55. The highest BCUT2D eigenvalue weighted by atomic mass is 16.5. The normalized spacial score (nSPS) is 21.5. The number of ether oxygens (including phenoxy) is 2. The zero-order chi connectivity index (χ0) is 17.1. The Morgan fingerprint density at radius 2 is 2.09 bits per heavy atom. The van der Waals surface area contributed by atoms with Gasteiger partial charge in [0.05, 0.1) is 19.3 Å². The molecule has 0 aliphatic carbocycles. The summed E-state index contributed by atoms with van der Waals surface area (Å²) in [6.45, 7) is 19.1. The zero-order valence-corrected chi connectivity index (χ0v) is 16.2. The number of hydrogen-bond donors (Lipinski definition) is 1. The predicted octanol–water partition coefficient (Wildman–Crippen LogP) is 3.17. The van der Waals surface area contributed by atoms with E-state index in [-0.39, 0.29) is 0 Å². The van der Waals surface area contributed by atoms with E-state index in [4.69, 9.17) is 9.47 Å². The Morgan fingerprint density at radius 1 is 1.30 bits per heavy atom. The van der Waals surface area contributed by atoms with Crippen molar-refractivity contribution >= 4 is 0 Å². The van der Waals surface area contributed by atoms with Crippen molar-refractivity contribution in [1.82, 2.24) is 10.2 Å². The molecule has 0 spiro atoms. The summed E-state index contributed by atoms with van der Waals surface area (Å²) >= 11 is 0. The molecule has 4 nitrogen and oxygen atoms in total. The molecule has 1 aliphatic rings. The maximum atomic E-state index is 5.86. The second-order valence-electron chi connectivity index (χ2n) is 8.24. The molecule has 4 heteroatoms. The quantitative estimate of drug-likeness (QED) is 0.591. The van der Waals surface area contributed by atoms with E-state index in [9.17, 15) is 0 Å². The van der Waals surface area contributed by atoms with Crippen molar-refractivity contribution in [2.24, 2.45) is 11.3 Å². The van der Waals surface area contributed by atoms with Gasteiger partial charge in [-0.15, -0.1) is 0 Å². The van der Waals surface area contributed by atoms with Crippen molar-refractivity contribution in [3.8, 4) is 0 Å². The van der Waals surface area contributed by atoms with Crippen LogP contribution in [0.3, 0.4) is 0 Å². The van der Waals surface area contributed by atoms with Crippen molar-refractivity contribution < 1.29 is 9.47 Å². The average Bonchev–Trinajstić information content (AvgIpc) is 2.50. The van der Waals surface area contributed by atoms with Gasteiger partial charge >= 0.3 is 0 Å². The molecular weight excluding hydrogens is 288 g/mol. The maximum Gasteiger partial charge on any atom is 0.0826 e. The molecule has 1 rings (SSSR count). The molecule has 2 atom stereocenters. The van der Waals surface area contributed by atoms with E-state index in [0.29, 0.717) is 11.5 Å². The molecule has 1 heterocycles. The topological polar surface area (TPSA) is 33.7 Å². The third-order valence-corrected chi connectivity index (χ3v) is 4.55. The Hall–Kier alpha value is -0.160. The Kier molecular flexibility index (Phi) is 10.4. The minimum Gasteiger partial charge on any atom is -0.380 e. The van der Waals surface area contributed by atoms with Gasteiger partial charge in [-0.3, -0.25) is 4.90 Å². The van der Waals surface area contributed by atoms with Crippen LogP contribution in [0.4, 0.5) is 0 Å². The van der Waals surface area contributed by atoms with E-state index in [1.807, 2.05) is 0 Å². The molecule has 1 saturated heterocycles. The Bertz CT molecular complexity index is 292. The lowest BCUT2D eigenvalue weighted by atomic mass is 9.91. The fourth-order valence-electron chi connectivity index (χ4n) is 2.74. The van der Waals surface area contributed by atoms with Gasteiger partial charge in [-0.2, -0.15) is 0 Å². The summed E-state index contributed by atoms with van der Waals surface area (Å²) in [5, 5.41) is 3.54. The Labute approximate surface area is 144 Å². The van der Waals surface area contributed by atoms with E-state index < -0.39 is 0 Å². The van der Waals surface area contributed by atoms with Gasteiger partial charge < -0.3 is 14.8 Å². The van der Waals surface area contributed by atoms with Gasteiger partial charge in [-0.1, -0.05) is 41.0 Å². The molecule has 0 aromatic heterocycles. The number of morpholine rings is 1. The lowest BCUT2D eigenvalue weighted by Gasteiger charge is -2.33. The van der Waals surface area contributed by atoms with Crippen LogP contribution in [-0.2, 0) is 9.47 Å². The van der Waals surface area contributed by atoms with Gasteiger partial charge in [0.25, 0.3) is 0 Å². The molecular formula is C19H40N2O2. The first-order valence-electron chi connectivity index (χ1n) is 9.53. The van der Waals surface area contributed by atoms with Crippen molar-refractivity contribution in [3.63, 3.8) is 0 Å². The highest BCUT2D eigenvalue weighted by molar-refractivity contribution is 4.73. The number of nitrogens with zero attached hydrogens (tertiary/aromatic N) is 1. The molecule has 0 aromatic carbocycles. The average molecular weight is 329 g/mol. The fraction of sp³-hybridized carbons (Fsp3) is 1.00. The minimum absolute atomic E-state index is 0.327. The van der Waals surface area contributed by atoms with Gasteiger partial charge in [0.2, 0.25) is 0 Å². The standard InChI is InChI=1S/C19H40N2O2/c1-6-17(2)14-20-15-18-16-21(10-13-23-18)9-12-22-11-7-8-19(3,4)5/h17-18,20H,6-16H2,1-5H3/t17?,18-/m1/s1. The van der Waals surface area contributed by atoms with Crippen LogP contribution in [-0.4, -0.2) is 63.5 Å². The summed E-state index contributed by atoms with van der Waals surface area (Å²) in [6, 6.07) is 0. The van der Waals surface area contributed by atoms with E-state index >= 15 is 0 Å².